The molecule has 1 heterocycles. The van der Waals surface area contributed by atoms with Gasteiger partial charge in [-0.25, -0.2) is 0 Å². The molecule has 0 aliphatic carbocycles. The molecule has 1 saturated heterocycles. The fraction of sp³-hybridized carbons (Fsp3) is 1.00. The molecule has 0 saturated carbocycles. The molecule has 0 aromatic carbocycles. The Bertz CT molecular complexity index is 132. The number of nitrogens with one attached hydrogen (secondary N) is 1. The van der Waals surface area contributed by atoms with Gasteiger partial charge in [-0.15, -0.1) is 0 Å². The summed E-state index contributed by atoms with van der Waals surface area (Å²) in [5, 5.41) is 3.36. The Morgan fingerprint density at radius 1 is 1.00 bits per heavy atom. The van der Waals surface area contributed by atoms with E-state index in [1.54, 1.807) is 0 Å². The van der Waals surface area contributed by atoms with Gasteiger partial charge in [0, 0.05) is 6.61 Å². The standard InChI is InChI=1S/C13H27NO/c1-2-3-4-5-6-7-12-15-13-8-10-14-11-9-13/h13-14H,2-12H2,1H3. The number of hydrogen-bond acceptors (Lipinski definition) is 2. The van der Waals surface area contributed by atoms with E-state index in [1.165, 1.54) is 51.4 Å². The van der Waals surface area contributed by atoms with Gasteiger partial charge >= 0.3 is 0 Å². The van der Waals surface area contributed by atoms with Crippen molar-refractivity contribution in [2.24, 2.45) is 0 Å². The number of rotatable bonds is 8. The molecular weight excluding hydrogens is 186 g/mol. The zero-order chi connectivity index (χ0) is 10.8. The van der Waals surface area contributed by atoms with Gasteiger partial charge in [0.1, 0.15) is 0 Å². The van der Waals surface area contributed by atoms with Gasteiger partial charge < -0.3 is 10.1 Å². The van der Waals surface area contributed by atoms with E-state index >= 15 is 0 Å². The van der Waals surface area contributed by atoms with Crippen molar-refractivity contribution in [3.8, 4) is 0 Å². The van der Waals surface area contributed by atoms with Crippen LogP contribution in [0.15, 0.2) is 0 Å². The van der Waals surface area contributed by atoms with Crippen LogP contribution < -0.4 is 5.32 Å². The van der Waals surface area contributed by atoms with E-state index in [2.05, 4.69) is 12.2 Å². The molecule has 0 amide bonds. The van der Waals surface area contributed by atoms with E-state index in [0.717, 1.165) is 19.7 Å². The summed E-state index contributed by atoms with van der Waals surface area (Å²) < 4.78 is 5.85. The van der Waals surface area contributed by atoms with Crippen LogP contribution in [0.25, 0.3) is 0 Å². The summed E-state index contributed by atoms with van der Waals surface area (Å²) in [5.41, 5.74) is 0. The largest absolute Gasteiger partial charge is 0.378 e. The molecular formula is C13H27NO. The zero-order valence-electron chi connectivity index (χ0n) is 10.3. The van der Waals surface area contributed by atoms with Crippen molar-refractivity contribution >= 4 is 0 Å². The van der Waals surface area contributed by atoms with Crippen LogP contribution in [-0.4, -0.2) is 25.8 Å². The molecule has 1 N–H and O–H groups in total. The second-order valence-electron chi connectivity index (χ2n) is 4.59. The molecule has 0 unspecified atom stereocenters. The summed E-state index contributed by atoms with van der Waals surface area (Å²) in [5.74, 6) is 0. The summed E-state index contributed by atoms with van der Waals surface area (Å²) >= 11 is 0. The Hall–Kier alpha value is -0.0800. The minimum atomic E-state index is 0.543. The van der Waals surface area contributed by atoms with Crippen LogP contribution in [0.5, 0.6) is 0 Å². The van der Waals surface area contributed by atoms with Crippen molar-refractivity contribution in [3.05, 3.63) is 0 Å². The average molecular weight is 213 g/mol. The van der Waals surface area contributed by atoms with Gasteiger partial charge in [-0.05, 0) is 32.4 Å². The molecule has 0 aromatic rings. The van der Waals surface area contributed by atoms with E-state index in [4.69, 9.17) is 4.74 Å². The van der Waals surface area contributed by atoms with Gasteiger partial charge in [-0.1, -0.05) is 39.0 Å². The summed E-state index contributed by atoms with van der Waals surface area (Å²) in [7, 11) is 0. The van der Waals surface area contributed by atoms with E-state index in [9.17, 15) is 0 Å². The van der Waals surface area contributed by atoms with Crippen LogP contribution in [0.3, 0.4) is 0 Å². The van der Waals surface area contributed by atoms with E-state index in [0.29, 0.717) is 6.10 Å². The number of ether oxygens (including phenoxy) is 1. The third kappa shape index (κ3) is 6.91. The fourth-order valence-electron chi connectivity index (χ4n) is 2.09. The molecule has 1 aliphatic heterocycles. The molecule has 1 rings (SSSR count). The van der Waals surface area contributed by atoms with E-state index in [1.807, 2.05) is 0 Å². The smallest absolute Gasteiger partial charge is 0.0599 e. The molecule has 1 aliphatic rings. The Labute approximate surface area is 94.8 Å². The minimum Gasteiger partial charge on any atom is -0.378 e. The fourth-order valence-corrected chi connectivity index (χ4v) is 2.09. The first-order chi connectivity index (χ1) is 7.43. The highest BCUT2D eigenvalue weighted by Gasteiger charge is 2.12. The first-order valence-electron chi connectivity index (χ1n) is 6.76. The molecule has 1 fully saturated rings. The van der Waals surface area contributed by atoms with Gasteiger partial charge in [-0.2, -0.15) is 0 Å². The Morgan fingerprint density at radius 2 is 1.67 bits per heavy atom. The van der Waals surface area contributed by atoms with Crippen LogP contribution in [-0.2, 0) is 4.74 Å². The van der Waals surface area contributed by atoms with E-state index in [-0.39, 0.29) is 0 Å². The SMILES string of the molecule is CCCCCCCCOC1CCNCC1. The first kappa shape index (κ1) is 13.0. The maximum Gasteiger partial charge on any atom is 0.0599 e. The third-order valence-corrected chi connectivity index (χ3v) is 3.14. The maximum atomic E-state index is 5.85. The monoisotopic (exact) mass is 213 g/mol. The highest BCUT2D eigenvalue weighted by atomic mass is 16.5. The summed E-state index contributed by atoms with van der Waals surface area (Å²) in [6, 6.07) is 0. The molecule has 0 radical (unpaired) electrons. The van der Waals surface area contributed by atoms with Gasteiger partial charge in [0.25, 0.3) is 0 Å². The Kier molecular flexibility index (Phi) is 7.94. The van der Waals surface area contributed by atoms with Crippen LogP contribution in [0.4, 0.5) is 0 Å². The lowest BCUT2D eigenvalue weighted by Gasteiger charge is -2.22. The van der Waals surface area contributed by atoms with Crippen molar-refractivity contribution in [1.82, 2.24) is 5.32 Å². The summed E-state index contributed by atoms with van der Waals surface area (Å²) in [4.78, 5) is 0. The van der Waals surface area contributed by atoms with Crippen molar-refractivity contribution in [2.45, 2.75) is 64.4 Å². The summed E-state index contributed by atoms with van der Waals surface area (Å²) in [6.07, 6.45) is 11.1. The molecule has 90 valence electrons. The predicted molar refractivity (Wildman–Crippen MR) is 65.2 cm³/mol. The van der Waals surface area contributed by atoms with Crippen molar-refractivity contribution < 1.29 is 4.74 Å². The molecule has 2 heteroatoms. The molecule has 0 spiro atoms. The normalized spacial score (nSPS) is 18.2. The zero-order valence-corrected chi connectivity index (χ0v) is 10.3. The lowest BCUT2D eigenvalue weighted by molar-refractivity contribution is 0.0307. The van der Waals surface area contributed by atoms with Gasteiger partial charge in [0.15, 0.2) is 0 Å². The highest BCUT2D eigenvalue weighted by Crippen LogP contribution is 2.09. The highest BCUT2D eigenvalue weighted by molar-refractivity contribution is 4.67. The molecule has 0 aromatic heterocycles. The molecule has 2 nitrogen and oxygen atoms in total. The third-order valence-electron chi connectivity index (χ3n) is 3.14. The van der Waals surface area contributed by atoms with Crippen molar-refractivity contribution in [3.63, 3.8) is 0 Å². The Morgan fingerprint density at radius 3 is 2.40 bits per heavy atom. The molecule has 0 atom stereocenters. The minimum absolute atomic E-state index is 0.543. The van der Waals surface area contributed by atoms with Crippen LogP contribution >= 0.6 is 0 Å². The van der Waals surface area contributed by atoms with Crippen LogP contribution in [0.1, 0.15) is 58.3 Å². The second-order valence-corrected chi connectivity index (χ2v) is 4.59. The predicted octanol–water partition coefficient (Wildman–Crippen LogP) is 3.12. The van der Waals surface area contributed by atoms with Crippen molar-refractivity contribution in [2.75, 3.05) is 19.7 Å². The lowest BCUT2D eigenvalue weighted by Crippen LogP contribution is -2.32. The Balaban J connectivity index is 1.79. The van der Waals surface area contributed by atoms with Gasteiger partial charge in [-0.3, -0.25) is 0 Å². The number of piperidine rings is 1. The second kappa shape index (κ2) is 9.17. The average Bonchev–Trinajstić information content (AvgIpc) is 2.29. The van der Waals surface area contributed by atoms with Gasteiger partial charge in [0.2, 0.25) is 0 Å². The molecule has 0 bridgehead atoms. The number of unbranched alkanes of at least 4 members (excludes halogenated alkanes) is 5. The molecule has 15 heavy (non-hydrogen) atoms. The first-order valence-corrected chi connectivity index (χ1v) is 6.76. The summed E-state index contributed by atoms with van der Waals surface area (Å²) in [6.45, 7) is 5.53. The topological polar surface area (TPSA) is 21.3 Å². The quantitative estimate of drug-likeness (QED) is 0.626. The lowest BCUT2D eigenvalue weighted by atomic mass is 10.1. The van der Waals surface area contributed by atoms with Gasteiger partial charge in [0.05, 0.1) is 6.10 Å². The number of hydrogen-bond donors (Lipinski definition) is 1. The maximum absolute atomic E-state index is 5.85. The van der Waals surface area contributed by atoms with Crippen LogP contribution in [0.2, 0.25) is 0 Å². The van der Waals surface area contributed by atoms with E-state index < -0.39 is 0 Å². The van der Waals surface area contributed by atoms with Crippen LogP contribution in [0, 0.1) is 0 Å². The van der Waals surface area contributed by atoms with Crippen molar-refractivity contribution in [1.29, 1.82) is 0 Å².